The molecule has 3 aromatic rings. The summed E-state index contributed by atoms with van der Waals surface area (Å²) in [7, 11) is -4.09. The van der Waals surface area contributed by atoms with Gasteiger partial charge in [0.15, 0.2) is 0 Å². The highest BCUT2D eigenvalue weighted by Gasteiger charge is 2.32. The molecule has 1 N–H and O–H groups in total. The van der Waals surface area contributed by atoms with E-state index in [-0.39, 0.29) is 23.4 Å². The van der Waals surface area contributed by atoms with E-state index >= 15 is 0 Å². The fourth-order valence-corrected chi connectivity index (χ4v) is 5.46. The number of nitrogens with one attached hydrogen (secondary N) is 1. The van der Waals surface area contributed by atoms with Crippen molar-refractivity contribution in [3.05, 3.63) is 94.5 Å². The molecule has 9 heteroatoms. The van der Waals surface area contributed by atoms with E-state index in [0.29, 0.717) is 10.7 Å². The van der Waals surface area contributed by atoms with Crippen LogP contribution in [-0.2, 0) is 26.2 Å². The van der Waals surface area contributed by atoms with E-state index in [1.807, 2.05) is 33.8 Å². The van der Waals surface area contributed by atoms with E-state index in [4.69, 9.17) is 11.6 Å². The summed E-state index contributed by atoms with van der Waals surface area (Å²) in [6.45, 7) is 8.66. The second-order valence-electron chi connectivity index (χ2n) is 9.65. The zero-order chi connectivity index (χ0) is 28.0. The van der Waals surface area contributed by atoms with E-state index in [2.05, 4.69) is 5.32 Å². The predicted octanol–water partition coefficient (Wildman–Crippen LogP) is 5.09. The standard InChI is InChI=1S/C29H34ClN3O4S/c1-20(2)31-29(35)23(5)32(18-24-11-13-25(30)14-12-24)28(34)19-33(26-8-6-7-22(4)17-26)38(36,37)27-15-9-21(3)10-16-27/h6-17,20,23H,18-19H2,1-5H3,(H,31,35). The smallest absolute Gasteiger partial charge is 0.264 e. The van der Waals surface area contributed by atoms with Gasteiger partial charge in [0.2, 0.25) is 11.8 Å². The van der Waals surface area contributed by atoms with Gasteiger partial charge >= 0.3 is 0 Å². The zero-order valence-electron chi connectivity index (χ0n) is 22.3. The third kappa shape index (κ3) is 7.36. The van der Waals surface area contributed by atoms with E-state index < -0.39 is 28.5 Å². The SMILES string of the molecule is Cc1ccc(S(=O)(=O)N(CC(=O)N(Cc2ccc(Cl)cc2)C(C)C(=O)NC(C)C)c2cccc(C)c2)cc1. The average Bonchev–Trinajstić information content (AvgIpc) is 2.86. The third-order valence-corrected chi connectivity index (χ3v) is 8.08. The molecule has 38 heavy (non-hydrogen) atoms. The lowest BCUT2D eigenvalue weighted by Crippen LogP contribution is -2.52. The lowest BCUT2D eigenvalue weighted by atomic mass is 10.1. The molecule has 0 heterocycles. The maximum Gasteiger partial charge on any atom is 0.264 e. The van der Waals surface area contributed by atoms with Gasteiger partial charge < -0.3 is 10.2 Å². The van der Waals surface area contributed by atoms with Crippen LogP contribution in [0.2, 0.25) is 5.02 Å². The maximum atomic E-state index is 13.9. The molecule has 0 aliphatic carbocycles. The van der Waals surface area contributed by atoms with E-state index in [1.165, 1.54) is 17.0 Å². The van der Waals surface area contributed by atoms with Crippen LogP contribution in [-0.4, -0.2) is 43.8 Å². The first-order chi connectivity index (χ1) is 17.9. The largest absolute Gasteiger partial charge is 0.352 e. The Hall–Kier alpha value is -3.36. The number of carbonyl (C=O) groups is 2. The van der Waals surface area contributed by atoms with Crippen LogP contribution >= 0.6 is 11.6 Å². The van der Waals surface area contributed by atoms with Crippen LogP contribution in [0.15, 0.2) is 77.7 Å². The monoisotopic (exact) mass is 555 g/mol. The Bertz CT molecular complexity index is 1370. The molecule has 0 aliphatic rings. The Balaban J connectivity index is 2.03. The van der Waals surface area contributed by atoms with Crippen LogP contribution in [0.25, 0.3) is 0 Å². The zero-order valence-corrected chi connectivity index (χ0v) is 23.9. The van der Waals surface area contributed by atoms with Gasteiger partial charge in [-0.2, -0.15) is 0 Å². The van der Waals surface area contributed by atoms with Crippen molar-refractivity contribution in [1.82, 2.24) is 10.2 Å². The fourth-order valence-electron chi connectivity index (χ4n) is 3.92. The molecule has 2 amide bonds. The molecular formula is C29H34ClN3O4S. The number of anilines is 1. The third-order valence-electron chi connectivity index (χ3n) is 6.04. The second kappa shape index (κ2) is 12.5. The molecule has 3 aromatic carbocycles. The van der Waals surface area contributed by atoms with Gasteiger partial charge in [0, 0.05) is 17.6 Å². The van der Waals surface area contributed by atoms with E-state index in [0.717, 1.165) is 21.0 Å². The van der Waals surface area contributed by atoms with Crippen LogP contribution in [0.5, 0.6) is 0 Å². The first-order valence-electron chi connectivity index (χ1n) is 12.4. The molecule has 0 fully saturated rings. The first kappa shape index (κ1) is 29.2. The Labute approximate surface area is 230 Å². The summed E-state index contributed by atoms with van der Waals surface area (Å²) < 4.78 is 28.7. The van der Waals surface area contributed by atoms with Crippen molar-refractivity contribution in [2.45, 2.75) is 58.1 Å². The molecule has 1 atom stereocenters. The molecule has 0 saturated carbocycles. The minimum atomic E-state index is -4.09. The Kier molecular flexibility index (Phi) is 9.57. The van der Waals surface area contributed by atoms with Gasteiger partial charge in [0.05, 0.1) is 10.6 Å². The van der Waals surface area contributed by atoms with Crippen LogP contribution in [0, 0.1) is 13.8 Å². The highest BCUT2D eigenvalue weighted by Crippen LogP contribution is 2.26. The molecule has 0 radical (unpaired) electrons. The van der Waals surface area contributed by atoms with E-state index in [1.54, 1.807) is 61.5 Å². The van der Waals surface area contributed by atoms with Crippen molar-refractivity contribution in [3.8, 4) is 0 Å². The number of halogens is 1. The van der Waals surface area contributed by atoms with Gasteiger partial charge in [-0.1, -0.05) is 53.6 Å². The molecular weight excluding hydrogens is 522 g/mol. The van der Waals surface area contributed by atoms with Crippen molar-refractivity contribution in [3.63, 3.8) is 0 Å². The number of carbonyl (C=O) groups excluding carboxylic acids is 2. The van der Waals surface area contributed by atoms with Gasteiger partial charge in [-0.15, -0.1) is 0 Å². The molecule has 202 valence electrons. The van der Waals surface area contributed by atoms with E-state index in [9.17, 15) is 18.0 Å². The molecule has 0 spiro atoms. The lowest BCUT2D eigenvalue weighted by molar-refractivity contribution is -0.139. The van der Waals surface area contributed by atoms with Gasteiger partial charge in [-0.25, -0.2) is 8.42 Å². The Morgan fingerprint density at radius 2 is 1.53 bits per heavy atom. The number of hydrogen-bond donors (Lipinski definition) is 1. The molecule has 3 rings (SSSR count). The molecule has 0 aliphatic heterocycles. The summed E-state index contributed by atoms with van der Waals surface area (Å²) in [6, 6.07) is 19.5. The van der Waals surface area contributed by atoms with Gasteiger partial charge in [0.25, 0.3) is 10.0 Å². The fraction of sp³-hybridized carbons (Fsp3) is 0.310. The molecule has 0 bridgehead atoms. The second-order valence-corrected chi connectivity index (χ2v) is 11.9. The van der Waals surface area contributed by atoms with Crippen LogP contribution in [0.1, 0.15) is 37.5 Å². The van der Waals surface area contributed by atoms with Crippen molar-refractivity contribution in [1.29, 1.82) is 0 Å². The summed E-state index contributed by atoms with van der Waals surface area (Å²) in [6.07, 6.45) is 0. The average molecular weight is 556 g/mol. The lowest BCUT2D eigenvalue weighted by Gasteiger charge is -2.32. The molecule has 0 saturated heterocycles. The molecule has 0 aromatic heterocycles. The molecule has 1 unspecified atom stereocenters. The van der Waals surface area contributed by atoms with Crippen molar-refractivity contribution in [2.75, 3.05) is 10.8 Å². The van der Waals surface area contributed by atoms with Gasteiger partial charge in [0.1, 0.15) is 12.6 Å². The minimum absolute atomic E-state index is 0.0762. The minimum Gasteiger partial charge on any atom is -0.352 e. The number of amides is 2. The summed E-state index contributed by atoms with van der Waals surface area (Å²) in [5.41, 5.74) is 2.89. The van der Waals surface area contributed by atoms with Crippen molar-refractivity contribution >= 4 is 39.1 Å². The molecule has 7 nitrogen and oxygen atoms in total. The predicted molar refractivity (Wildman–Crippen MR) is 152 cm³/mol. The van der Waals surface area contributed by atoms with Gasteiger partial charge in [-0.05, 0) is 82.1 Å². The van der Waals surface area contributed by atoms with Crippen LogP contribution in [0.3, 0.4) is 0 Å². The number of aryl methyl sites for hydroxylation is 2. The number of rotatable bonds is 10. The summed E-state index contributed by atoms with van der Waals surface area (Å²) in [4.78, 5) is 28.3. The van der Waals surface area contributed by atoms with Gasteiger partial charge in [-0.3, -0.25) is 13.9 Å². The van der Waals surface area contributed by atoms with Crippen LogP contribution in [0.4, 0.5) is 5.69 Å². The first-order valence-corrected chi connectivity index (χ1v) is 14.2. The number of nitrogens with zero attached hydrogens (tertiary/aromatic N) is 2. The summed E-state index contributed by atoms with van der Waals surface area (Å²) in [5.74, 6) is -0.839. The quantitative estimate of drug-likeness (QED) is 0.377. The van der Waals surface area contributed by atoms with Crippen molar-refractivity contribution < 1.29 is 18.0 Å². The van der Waals surface area contributed by atoms with Crippen molar-refractivity contribution in [2.24, 2.45) is 0 Å². The Morgan fingerprint density at radius 3 is 2.11 bits per heavy atom. The number of sulfonamides is 1. The highest BCUT2D eigenvalue weighted by molar-refractivity contribution is 7.92. The number of benzene rings is 3. The highest BCUT2D eigenvalue weighted by atomic mass is 35.5. The topological polar surface area (TPSA) is 86.8 Å². The maximum absolute atomic E-state index is 13.9. The Morgan fingerprint density at radius 1 is 0.895 bits per heavy atom. The summed E-state index contributed by atoms with van der Waals surface area (Å²) >= 11 is 6.03. The number of hydrogen-bond acceptors (Lipinski definition) is 4. The summed E-state index contributed by atoms with van der Waals surface area (Å²) in [5, 5.41) is 3.39. The normalized spacial score (nSPS) is 12.2. The van der Waals surface area contributed by atoms with Crippen LogP contribution < -0.4 is 9.62 Å².